The van der Waals surface area contributed by atoms with Gasteiger partial charge >= 0.3 is 6.18 Å². The number of carbonyl (C=O) groups excluding carboxylic acids is 3. The number of sulfonamides is 1. The summed E-state index contributed by atoms with van der Waals surface area (Å²) in [5.74, 6) is -2.12. The largest absolute Gasteiger partial charge is 0.588 e. The minimum absolute atomic E-state index is 0.000721. The van der Waals surface area contributed by atoms with Crippen LogP contribution in [-0.4, -0.2) is 49.1 Å². The lowest BCUT2D eigenvalue weighted by Crippen LogP contribution is -2.45. The smallest absolute Gasteiger partial charge is 0.405 e. The highest BCUT2D eigenvalue weighted by atomic mass is 32.3. The first kappa shape index (κ1) is 27.0. The van der Waals surface area contributed by atoms with Gasteiger partial charge in [0, 0.05) is 19.5 Å². The van der Waals surface area contributed by atoms with Gasteiger partial charge in [0.15, 0.2) is 15.3 Å². The normalized spacial score (nSPS) is 17.7. The van der Waals surface area contributed by atoms with Gasteiger partial charge in [-0.1, -0.05) is 10.3 Å². The van der Waals surface area contributed by atoms with E-state index >= 15 is 0 Å². The third-order valence-corrected chi connectivity index (χ3v) is 7.18. The molecule has 4 rings (SSSR count). The van der Waals surface area contributed by atoms with Crippen LogP contribution in [0.15, 0.2) is 40.2 Å². The molecule has 16 heteroatoms. The van der Waals surface area contributed by atoms with Gasteiger partial charge in [0.2, 0.25) is 11.8 Å². The van der Waals surface area contributed by atoms with Crippen molar-refractivity contribution in [1.82, 2.24) is 24.8 Å². The van der Waals surface area contributed by atoms with E-state index in [0.29, 0.717) is 0 Å². The number of nitrogens with one attached hydrogen (secondary N) is 3. The van der Waals surface area contributed by atoms with Crippen molar-refractivity contribution in [1.29, 1.82) is 0 Å². The molecule has 0 aliphatic carbocycles. The average Bonchev–Trinajstić information content (AvgIpc) is 3.21. The van der Waals surface area contributed by atoms with Crippen molar-refractivity contribution in [3.8, 4) is 0 Å². The molecule has 3 amide bonds. The number of alkyl halides is 3. The lowest BCUT2D eigenvalue weighted by atomic mass is 10.1. The Labute approximate surface area is 213 Å². The molecule has 2 unspecified atom stereocenters. The van der Waals surface area contributed by atoms with Crippen LogP contribution in [0.2, 0.25) is 0 Å². The molecule has 2 aromatic heterocycles. The molecule has 0 spiro atoms. The minimum atomic E-state index is -4.65. The Kier molecular flexibility index (Phi) is 6.88. The fourth-order valence-electron chi connectivity index (χ4n) is 4.09. The molecule has 38 heavy (non-hydrogen) atoms. The Balaban J connectivity index is 1.67. The number of amides is 3. The maximum absolute atomic E-state index is 13.3. The number of halogens is 3. The van der Waals surface area contributed by atoms with Gasteiger partial charge in [-0.3, -0.25) is 29.1 Å². The third-order valence-electron chi connectivity index (χ3n) is 5.85. The van der Waals surface area contributed by atoms with E-state index in [2.05, 4.69) is 15.0 Å². The van der Waals surface area contributed by atoms with Crippen LogP contribution in [0.5, 0.6) is 0 Å². The number of nitrogens with zero attached hydrogens (tertiary/aromatic N) is 3. The van der Waals surface area contributed by atoms with E-state index < -0.39 is 57.3 Å². The molecule has 12 nitrogen and oxygen atoms in total. The van der Waals surface area contributed by atoms with E-state index in [4.69, 9.17) is 0 Å². The molecule has 1 aromatic carbocycles. The van der Waals surface area contributed by atoms with Crippen molar-refractivity contribution in [3.05, 3.63) is 52.3 Å². The van der Waals surface area contributed by atoms with Crippen LogP contribution in [0.25, 0.3) is 10.9 Å². The van der Waals surface area contributed by atoms with Crippen molar-refractivity contribution in [2.75, 3.05) is 11.3 Å². The predicted octanol–water partition coefficient (Wildman–Crippen LogP) is 1.33. The van der Waals surface area contributed by atoms with Crippen LogP contribution in [0, 0.1) is 6.92 Å². The summed E-state index contributed by atoms with van der Waals surface area (Å²) in [6, 6.07) is 4.09. The third kappa shape index (κ3) is 5.31. The summed E-state index contributed by atoms with van der Waals surface area (Å²) in [5.41, 5.74) is -1.04. The van der Waals surface area contributed by atoms with Gasteiger partial charge in [-0.15, -0.1) is 0 Å². The molecular formula is C22H21F3N6O6S. The first-order valence-corrected chi connectivity index (χ1v) is 12.6. The number of para-hydroxylation sites is 1. The molecular weight excluding hydrogens is 533 g/mol. The molecule has 1 fully saturated rings. The number of piperidine rings is 1. The number of hydrogen-bond acceptors (Lipinski definition) is 7. The molecule has 1 aliphatic heterocycles. The maximum atomic E-state index is 13.3. The SMILES string of the molecule is Cc1nc2c(N[S+](=O)([O-])c3cc(C(=O)NCC(F)(F)F)n(C)c3)cccc2c(=O)n1C1CCC(=O)NC1=O. The summed E-state index contributed by atoms with van der Waals surface area (Å²) in [4.78, 5) is 53.1. The lowest BCUT2D eigenvalue weighted by Gasteiger charge is -2.24. The second kappa shape index (κ2) is 9.68. The number of imide groups is 1. The van der Waals surface area contributed by atoms with Crippen LogP contribution >= 0.6 is 0 Å². The molecule has 0 bridgehead atoms. The fraction of sp³-hybridized carbons (Fsp3) is 0.318. The first-order valence-electron chi connectivity index (χ1n) is 11.1. The molecule has 3 N–H and O–H groups in total. The molecule has 0 radical (unpaired) electrons. The summed E-state index contributed by atoms with van der Waals surface area (Å²) in [7, 11) is -3.08. The fourth-order valence-corrected chi connectivity index (χ4v) is 5.22. The van der Waals surface area contributed by atoms with Crippen LogP contribution in [0.1, 0.15) is 35.2 Å². The second-order valence-electron chi connectivity index (χ2n) is 8.58. The zero-order valence-corrected chi connectivity index (χ0v) is 20.7. The van der Waals surface area contributed by atoms with E-state index in [1.807, 2.05) is 0 Å². The van der Waals surface area contributed by atoms with Crippen molar-refractivity contribution in [3.63, 3.8) is 0 Å². The average molecular weight is 555 g/mol. The summed E-state index contributed by atoms with van der Waals surface area (Å²) in [6.07, 6.45) is -3.47. The summed E-state index contributed by atoms with van der Waals surface area (Å²) >= 11 is 0. The number of hydrogen-bond donors (Lipinski definition) is 3. The van der Waals surface area contributed by atoms with Crippen molar-refractivity contribution >= 4 is 44.7 Å². The molecule has 2 atom stereocenters. The number of aromatic nitrogens is 3. The number of carbonyl (C=O) groups is 3. The van der Waals surface area contributed by atoms with Crippen molar-refractivity contribution in [2.45, 2.75) is 36.9 Å². The number of benzene rings is 1. The summed E-state index contributed by atoms with van der Waals surface area (Å²) < 4.78 is 67.9. The number of fused-ring (bicyclic) bond motifs is 1. The van der Waals surface area contributed by atoms with Gasteiger partial charge in [-0.25, -0.2) is 9.71 Å². The molecule has 202 valence electrons. The number of rotatable bonds is 6. The van der Waals surface area contributed by atoms with Crippen LogP contribution in [-0.2, 0) is 31.2 Å². The van der Waals surface area contributed by atoms with E-state index in [9.17, 15) is 41.1 Å². The zero-order valence-electron chi connectivity index (χ0n) is 19.9. The predicted molar refractivity (Wildman–Crippen MR) is 127 cm³/mol. The topological polar surface area (TPSA) is 167 Å². The van der Waals surface area contributed by atoms with Crippen LogP contribution in [0.4, 0.5) is 18.9 Å². The second-order valence-corrected chi connectivity index (χ2v) is 10.3. The summed E-state index contributed by atoms with van der Waals surface area (Å²) in [5, 5.41) is 3.85. The van der Waals surface area contributed by atoms with E-state index in [0.717, 1.165) is 21.4 Å². The monoisotopic (exact) mass is 554 g/mol. The molecule has 0 saturated carbocycles. The lowest BCUT2D eigenvalue weighted by molar-refractivity contribution is -0.135. The van der Waals surface area contributed by atoms with Crippen molar-refractivity contribution < 1.29 is 36.3 Å². The van der Waals surface area contributed by atoms with Gasteiger partial charge in [-0.2, -0.15) is 13.2 Å². The Morgan fingerprint density at radius 3 is 2.66 bits per heavy atom. The van der Waals surface area contributed by atoms with Crippen LogP contribution < -0.4 is 20.9 Å². The quantitative estimate of drug-likeness (QED) is 0.305. The van der Waals surface area contributed by atoms with Gasteiger partial charge in [0.05, 0.1) is 11.6 Å². The minimum Gasteiger partial charge on any atom is -0.588 e. The highest BCUT2D eigenvalue weighted by molar-refractivity contribution is 7.99. The Bertz CT molecular complexity index is 1580. The van der Waals surface area contributed by atoms with E-state index in [1.54, 1.807) is 5.32 Å². The zero-order chi connectivity index (χ0) is 28.0. The first-order chi connectivity index (χ1) is 17.7. The number of aryl methyl sites for hydroxylation is 2. The van der Waals surface area contributed by atoms with E-state index in [-0.39, 0.29) is 41.0 Å². The van der Waals surface area contributed by atoms with E-state index in [1.165, 1.54) is 32.2 Å². The highest BCUT2D eigenvalue weighted by Crippen LogP contribution is 2.28. The summed E-state index contributed by atoms with van der Waals surface area (Å²) in [6.45, 7) is -0.131. The van der Waals surface area contributed by atoms with Gasteiger partial charge in [0.1, 0.15) is 35.3 Å². The van der Waals surface area contributed by atoms with Crippen molar-refractivity contribution in [2.24, 2.45) is 7.05 Å². The van der Waals surface area contributed by atoms with Crippen LogP contribution in [0.3, 0.4) is 0 Å². The molecule has 1 aliphatic rings. The Morgan fingerprint density at radius 1 is 1.29 bits per heavy atom. The molecule has 3 aromatic rings. The highest BCUT2D eigenvalue weighted by Gasteiger charge is 2.32. The van der Waals surface area contributed by atoms with Gasteiger partial charge in [0.25, 0.3) is 11.5 Å². The Hall–Kier alpha value is -4.05. The standard InChI is InChI=1S/C22H21F3N6O6S/c1-11-27-18-13(21(35)31(11)15-6-7-17(32)28-20(15)34)4-3-5-14(18)29-38(36,37)12-8-16(30(2)9-12)19(33)26-10-22(23,24)25/h3-5,8-9,15H,6-7,10H2,1-2H3,(H3-,26,28,29,32,33,34,36,37). The van der Waals surface area contributed by atoms with Gasteiger partial charge in [-0.05, 0) is 25.5 Å². The van der Waals surface area contributed by atoms with Gasteiger partial charge < -0.3 is 14.4 Å². The Morgan fingerprint density at radius 2 is 2.00 bits per heavy atom. The molecule has 3 heterocycles. The maximum Gasteiger partial charge on any atom is 0.405 e. The molecule has 1 saturated heterocycles. The number of anilines is 1.